The summed E-state index contributed by atoms with van der Waals surface area (Å²) in [6.45, 7) is 4.76. The average Bonchev–Trinajstić information content (AvgIpc) is 2.37. The lowest BCUT2D eigenvalue weighted by Gasteiger charge is -2.09. The van der Waals surface area contributed by atoms with Crippen molar-refractivity contribution in [1.29, 1.82) is 0 Å². The molecule has 0 atom stereocenters. The van der Waals surface area contributed by atoms with Crippen LogP contribution in [-0.4, -0.2) is 28.0 Å². The Morgan fingerprint density at radius 1 is 1.38 bits per heavy atom. The van der Waals surface area contributed by atoms with Crippen LogP contribution in [-0.2, 0) is 20.3 Å². The topological polar surface area (TPSA) is 72.5 Å². The molecule has 1 aromatic carbocycles. The number of halogens is 1. The number of benzene rings is 1. The molecule has 0 radical (unpaired) electrons. The van der Waals surface area contributed by atoms with E-state index in [1.807, 2.05) is 0 Å². The summed E-state index contributed by atoms with van der Waals surface area (Å²) >= 11 is 0. The van der Waals surface area contributed by atoms with Crippen LogP contribution in [0.3, 0.4) is 0 Å². The first-order valence-electron chi connectivity index (χ1n) is 6.62. The van der Waals surface area contributed by atoms with Gasteiger partial charge in [-0.15, -0.1) is 0 Å². The summed E-state index contributed by atoms with van der Waals surface area (Å²) in [5.74, 6) is 0.520. The predicted molar refractivity (Wildman–Crippen MR) is 82.2 cm³/mol. The summed E-state index contributed by atoms with van der Waals surface area (Å²) in [5, 5.41) is 2.80. The number of carbonyl (C=O) groups is 1. The van der Waals surface area contributed by atoms with Crippen LogP contribution in [0.25, 0.3) is 0 Å². The monoisotopic (exact) mass is 333 g/mol. The molecular formula is C14H20ClNO4S. The van der Waals surface area contributed by atoms with Gasteiger partial charge in [0.15, 0.2) is 0 Å². The molecule has 0 saturated heterocycles. The molecule has 0 aliphatic carbocycles. The SMILES string of the molecule is COc1ccc(CC(=O)NCCC(C)C)cc1S(=O)(=O)Cl. The number of ether oxygens (including phenoxy) is 1. The number of amides is 1. The van der Waals surface area contributed by atoms with E-state index in [4.69, 9.17) is 15.4 Å². The van der Waals surface area contributed by atoms with E-state index >= 15 is 0 Å². The van der Waals surface area contributed by atoms with E-state index in [9.17, 15) is 13.2 Å². The van der Waals surface area contributed by atoms with Crippen LogP contribution in [0.15, 0.2) is 23.1 Å². The molecule has 7 heteroatoms. The molecule has 1 rings (SSSR count). The quantitative estimate of drug-likeness (QED) is 0.777. The van der Waals surface area contributed by atoms with Crippen molar-refractivity contribution in [2.24, 2.45) is 5.92 Å². The highest BCUT2D eigenvalue weighted by Gasteiger charge is 2.18. The fraction of sp³-hybridized carbons (Fsp3) is 0.500. The number of methoxy groups -OCH3 is 1. The highest BCUT2D eigenvalue weighted by molar-refractivity contribution is 8.13. The van der Waals surface area contributed by atoms with Crippen molar-refractivity contribution in [2.75, 3.05) is 13.7 Å². The lowest BCUT2D eigenvalue weighted by Crippen LogP contribution is -2.26. The molecule has 0 bridgehead atoms. The van der Waals surface area contributed by atoms with E-state index in [1.165, 1.54) is 19.2 Å². The molecule has 118 valence electrons. The first-order chi connectivity index (χ1) is 9.74. The van der Waals surface area contributed by atoms with Gasteiger partial charge in [0.05, 0.1) is 13.5 Å². The van der Waals surface area contributed by atoms with Crippen molar-refractivity contribution in [3.8, 4) is 5.75 Å². The van der Waals surface area contributed by atoms with Crippen LogP contribution < -0.4 is 10.1 Å². The molecule has 0 aromatic heterocycles. The third-order valence-electron chi connectivity index (χ3n) is 2.90. The van der Waals surface area contributed by atoms with E-state index in [0.717, 1.165) is 6.42 Å². The second-order valence-electron chi connectivity index (χ2n) is 5.13. The normalized spacial score (nSPS) is 11.5. The highest BCUT2D eigenvalue weighted by atomic mass is 35.7. The van der Waals surface area contributed by atoms with Gasteiger partial charge in [-0.1, -0.05) is 19.9 Å². The smallest absolute Gasteiger partial charge is 0.264 e. The first-order valence-corrected chi connectivity index (χ1v) is 8.93. The van der Waals surface area contributed by atoms with Crippen LogP contribution in [0.2, 0.25) is 0 Å². The largest absolute Gasteiger partial charge is 0.495 e. The predicted octanol–water partition coefficient (Wildman–Crippen LogP) is 2.33. The summed E-state index contributed by atoms with van der Waals surface area (Å²) in [6.07, 6.45) is 0.997. The number of nitrogens with one attached hydrogen (secondary N) is 1. The maximum Gasteiger partial charge on any atom is 0.264 e. The van der Waals surface area contributed by atoms with Crippen molar-refractivity contribution in [3.05, 3.63) is 23.8 Å². The van der Waals surface area contributed by atoms with Gasteiger partial charge in [0, 0.05) is 17.2 Å². The Balaban J connectivity index is 2.79. The molecule has 0 fully saturated rings. The second-order valence-corrected chi connectivity index (χ2v) is 7.67. The van der Waals surface area contributed by atoms with E-state index in [2.05, 4.69) is 19.2 Å². The molecule has 1 N–H and O–H groups in total. The van der Waals surface area contributed by atoms with Crippen LogP contribution in [0.1, 0.15) is 25.8 Å². The number of rotatable bonds is 7. The highest BCUT2D eigenvalue weighted by Crippen LogP contribution is 2.27. The number of carbonyl (C=O) groups excluding carboxylic acids is 1. The summed E-state index contributed by atoms with van der Waals surface area (Å²) < 4.78 is 27.9. The number of hydrogen-bond donors (Lipinski definition) is 1. The number of hydrogen-bond acceptors (Lipinski definition) is 4. The molecule has 5 nitrogen and oxygen atoms in total. The zero-order valence-electron chi connectivity index (χ0n) is 12.3. The Morgan fingerprint density at radius 3 is 2.57 bits per heavy atom. The molecule has 0 aliphatic rings. The van der Waals surface area contributed by atoms with Crippen molar-refractivity contribution in [2.45, 2.75) is 31.6 Å². The van der Waals surface area contributed by atoms with Crippen molar-refractivity contribution < 1.29 is 17.9 Å². The summed E-state index contributed by atoms with van der Waals surface area (Å²) in [5.41, 5.74) is 0.567. The van der Waals surface area contributed by atoms with E-state index in [1.54, 1.807) is 6.07 Å². The van der Waals surface area contributed by atoms with Gasteiger partial charge in [-0.05, 0) is 30.0 Å². The van der Waals surface area contributed by atoms with Gasteiger partial charge in [0.25, 0.3) is 9.05 Å². The molecule has 1 amide bonds. The molecule has 0 heterocycles. The summed E-state index contributed by atoms with van der Waals surface area (Å²) in [4.78, 5) is 11.7. The van der Waals surface area contributed by atoms with Gasteiger partial charge in [-0.2, -0.15) is 0 Å². The zero-order valence-corrected chi connectivity index (χ0v) is 13.9. The standard InChI is InChI=1S/C14H20ClNO4S/c1-10(2)6-7-16-14(17)9-11-4-5-12(20-3)13(8-11)21(15,18)19/h4-5,8,10H,6-7,9H2,1-3H3,(H,16,17). The van der Waals surface area contributed by atoms with Gasteiger partial charge in [-0.25, -0.2) is 8.42 Å². The molecule has 0 saturated carbocycles. The Kier molecular flexibility index (Phi) is 6.48. The van der Waals surface area contributed by atoms with Gasteiger partial charge < -0.3 is 10.1 Å². The van der Waals surface area contributed by atoms with Crippen LogP contribution >= 0.6 is 10.7 Å². The molecule has 0 unspecified atom stereocenters. The fourth-order valence-electron chi connectivity index (χ4n) is 1.77. The van der Waals surface area contributed by atoms with Crippen LogP contribution in [0.5, 0.6) is 5.75 Å². The van der Waals surface area contributed by atoms with Gasteiger partial charge in [-0.3, -0.25) is 4.79 Å². The molecule has 1 aromatic rings. The lowest BCUT2D eigenvalue weighted by molar-refractivity contribution is -0.120. The zero-order chi connectivity index (χ0) is 16.0. The Morgan fingerprint density at radius 2 is 2.05 bits per heavy atom. The third kappa shape index (κ3) is 5.93. The maximum atomic E-state index is 11.8. The van der Waals surface area contributed by atoms with Crippen molar-refractivity contribution in [3.63, 3.8) is 0 Å². The van der Waals surface area contributed by atoms with Crippen molar-refractivity contribution >= 4 is 25.6 Å². The van der Waals surface area contributed by atoms with Crippen LogP contribution in [0.4, 0.5) is 0 Å². The molecular weight excluding hydrogens is 314 g/mol. The minimum absolute atomic E-state index is 0.0987. The van der Waals surface area contributed by atoms with Gasteiger partial charge in [0.2, 0.25) is 5.91 Å². The minimum atomic E-state index is -3.92. The van der Waals surface area contributed by atoms with E-state index < -0.39 is 9.05 Å². The molecule has 0 spiro atoms. The Hall–Kier alpha value is -1.27. The third-order valence-corrected chi connectivity index (χ3v) is 4.24. The van der Waals surface area contributed by atoms with Crippen LogP contribution in [0, 0.1) is 5.92 Å². The Bertz CT molecular complexity index is 599. The summed E-state index contributed by atoms with van der Waals surface area (Å²) in [6, 6.07) is 4.50. The maximum absolute atomic E-state index is 11.8. The molecule has 21 heavy (non-hydrogen) atoms. The molecule has 0 aliphatic heterocycles. The first kappa shape index (κ1) is 17.8. The average molecular weight is 334 g/mol. The lowest BCUT2D eigenvalue weighted by atomic mass is 10.1. The van der Waals surface area contributed by atoms with E-state index in [0.29, 0.717) is 18.0 Å². The van der Waals surface area contributed by atoms with Gasteiger partial charge >= 0.3 is 0 Å². The summed E-state index contributed by atoms with van der Waals surface area (Å²) in [7, 11) is 2.80. The fourth-order valence-corrected chi connectivity index (χ4v) is 2.82. The van der Waals surface area contributed by atoms with E-state index in [-0.39, 0.29) is 23.0 Å². The van der Waals surface area contributed by atoms with Crippen molar-refractivity contribution in [1.82, 2.24) is 5.32 Å². The second kappa shape index (κ2) is 7.66. The van der Waals surface area contributed by atoms with Gasteiger partial charge in [0.1, 0.15) is 10.6 Å². The Labute approximate surface area is 130 Å². The minimum Gasteiger partial charge on any atom is -0.495 e.